The fourth-order valence-electron chi connectivity index (χ4n) is 1.18. The predicted molar refractivity (Wildman–Crippen MR) is 63.4 cm³/mol. The van der Waals surface area contributed by atoms with E-state index in [1.54, 1.807) is 11.8 Å². The van der Waals surface area contributed by atoms with E-state index < -0.39 is 12.0 Å². The second-order valence-electron chi connectivity index (χ2n) is 3.32. The minimum atomic E-state index is -0.766. The van der Waals surface area contributed by atoms with Crippen LogP contribution in [0.3, 0.4) is 0 Å². The Balaban J connectivity index is 3.41. The Kier molecular flexibility index (Phi) is 10.1. The molecule has 3 N–H and O–H groups in total. The smallest absolute Gasteiger partial charge is 0.320 e. The van der Waals surface area contributed by atoms with E-state index in [9.17, 15) is 4.79 Å². The highest BCUT2D eigenvalue weighted by Crippen LogP contribution is 2.02. The van der Waals surface area contributed by atoms with E-state index in [4.69, 9.17) is 10.2 Å². The largest absolute Gasteiger partial charge is 0.480 e. The SMILES string of the molecule is CCCC(NCCSCCCO)C(=O)O. The van der Waals surface area contributed by atoms with Gasteiger partial charge in [-0.05, 0) is 18.6 Å². The highest BCUT2D eigenvalue weighted by Gasteiger charge is 2.14. The van der Waals surface area contributed by atoms with Crippen LogP contribution in [0.4, 0.5) is 0 Å². The number of carboxylic acids is 1. The number of hydrogen-bond donors (Lipinski definition) is 3. The summed E-state index contributed by atoms with van der Waals surface area (Å²) in [5.74, 6) is 1.06. The van der Waals surface area contributed by atoms with Gasteiger partial charge in [-0.15, -0.1) is 0 Å². The van der Waals surface area contributed by atoms with Crippen LogP contribution in [0.2, 0.25) is 0 Å². The number of aliphatic carboxylic acids is 1. The average Bonchev–Trinajstić information content (AvgIpc) is 2.21. The van der Waals surface area contributed by atoms with Gasteiger partial charge in [0.2, 0.25) is 0 Å². The third-order valence-corrected chi connectivity index (χ3v) is 3.03. The van der Waals surface area contributed by atoms with E-state index >= 15 is 0 Å². The van der Waals surface area contributed by atoms with Crippen LogP contribution in [0.1, 0.15) is 26.2 Å². The summed E-state index contributed by atoms with van der Waals surface area (Å²) in [5, 5.41) is 20.4. The lowest BCUT2D eigenvalue weighted by atomic mass is 10.2. The minimum absolute atomic E-state index is 0.230. The summed E-state index contributed by atoms with van der Waals surface area (Å²) >= 11 is 1.73. The maximum absolute atomic E-state index is 10.8. The molecule has 15 heavy (non-hydrogen) atoms. The molecule has 1 unspecified atom stereocenters. The molecule has 90 valence electrons. The van der Waals surface area contributed by atoms with Crippen LogP contribution < -0.4 is 5.32 Å². The van der Waals surface area contributed by atoms with E-state index in [0.29, 0.717) is 13.0 Å². The van der Waals surface area contributed by atoms with Crippen LogP contribution in [0, 0.1) is 0 Å². The van der Waals surface area contributed by atoms with Crippen molar-refractivity contribution in [3.8, 4) is 0 Å². The molecule has 0 saturated heterocycles. The predicted octanol–water partition coefficient (Wildman–Crippen LogP) is 0.945. The van der Waals surface area contributed by atoms with Gasteiger partial charge >= 0.3 is 5.97 Å². The summed E-state index contributed by atoms with van der Waals surface area (Å²) in [5.41, 5.74) is 0. The molecule has 5 heteroatoms. The summed E-state index contributed by atoms with van der Waals surface area (Å²) in [7, 11) is 0. The van der Waals surface area contributed by atoms with Crippen LogP contribution in [0.5, 0.6) is 0 Å². The molecule has 0 heterocycles. The molecular weight excluding hydrogens is 214 g/mol. The molecule has 0 aliphatic carbocycles. The van der Waals surface area contributed by atoms with Crippen molar-refractivity contribution in [2.45, 2.75) is 32.2 Å². The van der Waals surface area contributed by atoms with Crippen molar-refractivity contribution in [2.24, 2.45) is 0 Å². The number of hydrogen-bond acceptors (Lipinski definition) is 4. The van der Waals surface area contributed by atoms with E-state index in [-0.39, 0.29) is 6.61 Å². The van der Waals surface area contributed by atoms with Crippen molar-refractivity contribution in [3.63, 3.8) is 0 Å². The lowest BCUT2D eigenvalue weighted by Gasteiger charge is -2.12. The maximum atomic E-state index is 10.8. The van der Waals surface area contributed by atoms with Crippen LogP contribution >= 0.6 is 11.8 Å². The van der Waals surface area contributed by atoms with Gasteiger partial charge in [0.15, 0.2) is 0 Å². The standard InChI is InChI=1S/C10H21NO3S/c1-2-4-9(10(13)14)11-5-8-15-7-3-6-12/h9,11-12H,2-8H2,1H3,(H,13,14). The molecular formula is C10H21NO3S. The molecule has 0 fully saturated rings. The molecule has 0 aliphatic heterocycles. The van der Waals surface area contributed by atoms with E-state index in [1.807, 2.05) is 6.92 Å². The van der Waals surface area contributed by atoms with Gasteiger partial charge in [0.05, 0.1) is 0 Å². The molecule has 0 aromatic heterocycles. The summed E-state index contributed by atoms with van der Waals surface area (Å²) in [6.45, 7) is 2.93. The quantitative estimate of drug-likeness (QED) is 0.492. The summed E-state index contributed by atoms with van der Waals surface area (Å²) in [6.07, 6.45) is 2.36. The Hall–Kier alpha value is -0.260. The molecule has 0 amide bonds. The molecule has 0 spiro atoms. The van der Waals surface area contributed by atoms with Crippen molar-refractivity contribution in [3.05, 3.63) is 0 Å². The Morgan fingerprint density at radius 3 is 2.73 bits per heavy atom. The van der Waals surface area contributed by atoms with Crippen LogP contribution in [0.25, 0.3) is 0 Å². The zero-order chi connectivity index (χ0) is 11.5. The molecule has 4 nitrogen and oxygen atoms in total. The van der Waals surface area contributed by atoms with E-state index in [2.05, 4.69) is 5.32 Å². The average molecular weight is 235 g/mol. The van der Waals surface area contributed by atoms with Gasteiger partial charge in [0.25, 0.3) is 0 Å². The molecule has 0 rings (SSSR count). The van der Waals surface area contributed by atoms with Crippen LogP contribution in [0.15, 0.2) is 0 Å². The van der Waals surface area contributed by atoms with Gasteiger partial charge in [0.1, 0.15) is 6.04 Å². The molecule has 0 bridgehead atoms. The lowest BCUT2D eigenvalue weighted by molar-refractivity contribution is -0.139. The maximum Gasteiger partial charge on any atom is 0.320 e. The highest BCUT2D eigenvalue weighted by molar-refractivity contribution is 7.99. The van der Waals surface area contributed by atoms with Gasteiger partial charge in [-0.3, -0.25) is 4.79 Å². The van der Waals surface area contributed by atoms with Crippen molar-refractivity contribution in [1.82, 2.24) is 5.32 Å². The van der Waals surface area contributed by atoms with Gasteiger partial charge < -0.3 is 15.5 Å². The Morgan fingerprint density at radius 1 is 1.47 bits per heavy atom. The summed E-state index contributed by atoms with van der Waals surface area (Å²) in [6, 6.07) is -0.409. The monoisotopic (exact) mass is 235 g/mol. The first-order chi connectivity index (χ1) is 7.22. The molecule has 0 radical (unpaired) electrons. The van der Waals surface area contributed by atoms with Gasteiger partial charge in [-0.2, -0.15) is 11.8 Å². The Labute approximate surface area is 95.4 Å². The molecule has 0 aliphatic rings. The van der Waals surface area contributed by atoms with Crippen molar-refractivity contribution in [2.75, 3.05) is 24.7 Å². The van der Waals surface area contributed by atoms with Crippen molar-refractivity contribution < 1.29 is 15.0 Å². The van der Waals surface area contributed by atoms with Gasteiger partial charge in [-0.25, -0.2) is 0 Å². The highest BCUT2D eigenvalue weighted by atomic mass is 32.2. The minimum Gasteiger partial charge on any atom is -0.480 e. The first-order valence-corrected chi connectivity index (χ1v) is 6.52. The Bertz CT molecular complexity index is 167. The van der Waals surface area contributed by atoms with Crippen molar-refractivity contribution in [1.29, 1.82) is 0 Å². The molecule has 0 saturated carbocycles. The first-order valence-electron chi connectivity index (χ1n) is 5.37. The number of thioether (sulfide) groups is 1. The van der Waals surface area contributed by atoms with Crippen LogP contribution in [-0.4, -0.2) is 46.9 Å². The van der Waals surface area contributed by atoms with E-state index in [0.717, 1.165) is 24.3 Å². The lowest BCUT2D eigenvalue weighted by Crippen LogP contribution is -2.37. The molecule has 0 aromatic carbocycles. The van der Waals surface area contributed by atoms with Crippen LogP contribution in [-0.2, 0) is 4.79 Å². The normalized spacial score (nSPS) is 12.7. The summed E-state index contributed by atoms with van der Waals surface area (Å²) in [4.78, 5) is 10.8. The third-order valence-electron chi connectivity index (χ3n) is 1.96. The molecule has 1 atom stereocenters. The van der Waals surface area contributed by atoms with Gasteiger partial charge in [0, 0.05) is 18.9 Å². The van der Waals surface area contributed by atoms with Gasteiger partial charge in [-0.1, -0.05) is 13.3 Å². The number of nitrogens with one attached hydrogen (secondary N) is 1. The van der Waals surface area contributed by atoms with Crippen molar-refractivity contribution >= 4 is 17.7 Å². The number of aliphatic hydroxyl groups is 1. The molecule has 0 aromatic rings. The fraction of sp³-hybridized carbons (Fsp3) is 0.900. The second kappa shape index (κ2) is 10.3. The second-order valence-corrected chi connectivity index (χ2v) is 4.55. The fourth-order valence-corrected chi connectivity index (χ4v) is 1.98. The zero-order valence-electron chi connectivity index (χ0n) is 9.24. The van der Waals surface area contributed by atoms with E-state index in [1.165, 1.54) is 0 Å². The first kappa shape index (κ1) is 14.7. The third kappa shape index (κ3) is 8.72. The zero-order valence-corrected chi connectivity index (χ0v) is 10.1. The number of rotatable bonds is 10. The Morgan fingerprint density at radius 2 is 2.20 bits per heavy atom. The number of aliphatic hydroxyl groups excluding tert-OH is 1. The summed E-state index contributed by atoms with van der Waals surface area (Å²) < 4.78 is 0. The topological polar surface area (TPSA) is 69.6 Å². The number of carbonyl (C=O) groups is 1. The number of carboxylic acid groups (broad SMARTS) is 1.